The van der Waals surface area contributed by atoms with E-state index in [1.807, 2.05) is 13.8 Å². The fourth-order valence-corrected chi connectivity index (χ4v) is 3.62. The fourth-order valence-electron chi connectivity index (χ4n) is 3.62. The van der Waals surface area contributed by atoms with E-state index in [-0.39, 0.29) is 12.3 Å². The van der Waals surface area contributed by atoms with Gasteiger partial charge >= 0.3 is 0 Å². The summed E-state index contributed by atoms with van der Waals surface area (Å²) in [7, 11) is 0. The maximum atomic E-state index is 11.0. The Kier molecular flexibility index (Phi) is 3.21. The average molecular weight is 252 g/mol. The normalized spacial score (nSPS) is 48.7. The summed E-state index contributed by atoms with van der Waals surface area (Å²) in [5.41, 5.74) is -0.282. The molecule has 0 aliphatic heterocycles. The number of aliphatic hydroxyl groups excluding tert-OH is 2. The predicted octanol–water partition coefficient (Wildman–Crippen LogP) is 1.78. The van der Waals surface area contributed by atoms with Crippen LogP contribution in [0.15, 0.2) is 24.3 Å². The first-order valence-corrected chi connectivity index (χ1v) is 6.65. The van der Waals surface area contributed by atoms with Crippen molar-refractivity contribution in [2.75, 3.05) is 0 Å². The minimum atomic E-state index is -1.19. The predicted molar refractivity (Wildman–Crippen MR) is 71.0 cm³/mol. The first-order valence-electron chi connectivity index (χ1n) is 6.65. The van der Waals surface area contributed by atoms with Crippen molar-refractivity contribution in [3.63, 3.8) is 0 Å². The third kappa shape index (κ3) is 1.68. The minimum absolute atomic E-state index is 0.234. The summed E-state index contributed by atoms with van der Waals surface area (Å²) in [6.45, 7) is 11.7. The number of rotatable bonds is 1. The van der Waals surface area contributed by atoms with Crippen LogP contribution < -0.4 is 0 Å². The highest BCUT2D eigenvalue weighted by Crippen LogP contribution is 2.56. The third-order valence-electron chi connectivity index (χ3n) is 5.31. The second-order valence-electron chi connectivity index (χ2n) is 6.36. The van der Waals surface area contributed by atoms with Gasteiger partial charge in [0.1, 0.15) is 0 Å². The smallest absolute Gasteiger partial charge is 0.0962 e. The molecule has 0 aromatic rings. The molecule has 102 valence electrons. The number of allylic oxidation sites excluding steroid dienone is 1. The van der Waals surface area contributed by atoms with Gasteiger partial charge in [-0.25, -0.2) is 0 Å². The lowest BCUT2D eigenvalue weighted by Crippen LogP contribution is -2.63. The summed E-state index contributed by atoms with van der Waals surface area (Å²) in [6.07, 6.45) is 0.931. The Hall–Kier alpha value is -0.640. The van der Waals surface area contributed by atoms with Crippen molar-refractivity contribution in [3.8, 4) is 0 Å². The van der Waals surface area contributed by atoms with Crippen molar-refractivity contribution in [3.05, 3.63) is 24.3 Å². The molecule has 2 aliphatic carbocycles. The zero-order valence-corrected chi connectivity index (χ0v) is 11.3. The van der Waals surface area contributed by atoms with Crippen molar-refractivity contribution in [1.29, 1.82) is 0 Å². The van der Waals surface area contributed by atoms with Crippen LogP contribution in [0.25, 0.3) is 0 Å². The topological polar surface area (TPSA) is 60.7 Å². The van der Waals surface area contributed by atoms with Crippen LogP contribution in [0.1, 0.15) is 39.5 Å². The first kappa shape index (κ1) is 13.8. The second-order valence-corrected chi connectivity index (χ2v) is 6.36. The maximum Gasteiger partial charge on any atom is 0.0962 e. The molecule has 3 N–H and O–H groups in total. The summed E-state index contributed by atoms with van der Waals surface area (Å²) in [5, 5.41) is 31.2. The summed E-state index contributed by atoms with van der Waals surface area (Å²) in [4.78, 5) is 0. The number of aliphatic hydroxyl groups is 3. The van der Waals surface area contributed by atoms with E-state index in [0.29, 0.717) is 12.0 Å². The molecule has 3 heteroatoms. The van der Waals surface area contributed by atoms with E-state index in [1.165, 1.54) is 0 Å². The van der Waals surface area contributed by atoms with E-state index < -0.39 is 23.2 Å². The lowest BCUT2D eigenvalue weighted by molar-refractivity contribution is -0.179. The lowest BCUT2D eigenvalue weighted by Gasteiger charge is -2.58. The van der Waals surface area contributed by atoms with Crippen LogP contribution in [0.3, 0.4) is 0 Å². The fraction of sp³-hybridized carbons (Fsp3) is 0.733. The highest BCUT2D eigenvalue weighted by Gasteiger charge is 2.60. The van der Waals surface area contributed by atoms with Crippen molar-refractivity contribution in [2.45, 2.75) is 57.3 Å². The van der Waals surface area contributed by atoms with E-state index in [9.17, 15) is 15.3 Å². The van der Waals surface area contributed by atoms with E-state index in [0.717, 1.165) is 18.4 Å². The molecule has 0 spiro atoms. The van der Waals surface area contributed by atoms with Crippen molar-refractivity contribution in [2.24, 2.45) is 11.3 Å². The van der Waals surface area contributed by atoms with Crippen LogP contribution >= 0.6 is 0 Å². The van der Waals surface area contributed by atoms with Gasteiger partial charge in [-0.05, 0) is 37.7 Å². The molecule has 2 saturated carbocycles. The van der Waals surface area contributed by atoms with E-state index >= 15 is 0 Å². The van der Waals surface area contributed by atoms with Gasteiger partial charge in [-0.2, -0.15) is 0 Å². The Balaban J connectivity index is 2.39. The molecule has 2 aliphatic rings. The zero-order valence-electron chi connectivity index (χ0n) is 11.3. The Morgan fingerprint density at radius 1 is 1.39 bits per heavy atom. The Morgan fingerprint density at radius 2 is 2.00 bits per heavy atom. The van der Waals surface area contributed by atoms with Crippen molar-refractivity contribution >= 4 is 0 Å². The Morgan fingerprint density at radius 3 is 2.56 bits per heavy atom. The molecule has 5 atom stereocenters. The number of fused-ring (bicyclic) bond motifs is 1. The van der Waals surface area contributed by atoms with E-state index in [1.54, 1.807) is 0 Å². The summed E-state index contributed by atoms with van der Waals surface area (Å²) in [5.74, 6) is 0.234. The van der Waals surface area contributed by atoms with Gasteiger partial charge < -0.3 is 15.3 Å². The molecule has 3 nitrogen and oxygen atoms in total. The molecule has 0 bridgehead atoms. The average Bonchev–Trinajstić information content (AvgIpc) is 2.29. The third-order valence-corrected chi connectivity index (χ3v) is 5.31. The van der Waals surface area contributed by atoms with Crippen molar-refractivity contribution in [1.82, 2.24) is 0 Å². The summed E-state index contributed by atoms with van der Waals surface area (Å²) >= 11 is 0. The molecule has 0 heterocycles. The minimum Gasteiger partial charge on any atom is -0.392 e. The van der Waals surface area contributed by atoms with Crippen molar-refractivity contribution < 1.29 is 15.3 Å². The molecule has 0 aromatic heterocycles. The monoisotopic (exact) mass is 252 g/mol. The Labute approximate surface area is 109 Å². The van der Waals surface area contributed by atoms with Crippen LogP contribution in [0.5, 0.6) is 0 Å². The molecule has 2 rings (SSSR count). The van der Waals surface area contributed by atoms with Crippen LogP contribution in [-0.4, -0.2) is 33.1 Å². The van der Waals surface area contributed by atoms with Crippen LogP contribution in [0, 0.1) is 11.3 Å². The molecular weight excluding hydrogens is 228 g/mol. The van der Waals surface area contributed by atoms with Gasteiger partial charge in [0.2, 0.25) is 0 Å². The zero-order chi connectivity index (χ0) is 13.7. The van der Waals surface area contributed by atoms with Crippen LogP contribution in [0.2, 0.25) is 0 Å². The molecule has 0 saturated heterocycles. The van der Waals surface area contributed by atoms with E-state index in [2.05, 4.69) is 13.2 Å². The lowest BCUT2D eigenvalue weighted by atomic mass is 9.51. The maximum absolute atomic E-state index is 11.0. The Bertz CT molecular complexity index is 389. The largest absolute Gasteiger partial charge is 0.392 e. The van der Waals surface area contributed by atoms with Gasteiger partial charge in [0.15, 0.2) is 0 Å². The highest BCUT2D eigenvalue weighted by atomic mass is 16.3. The van der Waals surface area contributed by atoms with E-state index in [4.69, 9.17) is 0 Å². The molecule has 2 fully saturated rings. The molecule has 0 radical (unpaired) electrons. The first-order chi connectivity index (χ1) is 8.22. The quantitative estimate of drug-likeness (QED) is 0.623. The summed E-state index contributed by atoms with van der Waals surface area (Å²) in [6, 6.07) is 0. The molecule has 0 aromatic carbocycles. The summed E-state index contributed by atoms with van der Waals surface area (Å²) < 4.78 is 0. The number of hydrogen-bond donors (Lipinski definition) is 3. The van der Waals surface area contributed by atoms with Gasteiger partial charge in [-0.15, -0.1) is 0 Å². The number of hydrogen-bond acceptors (Lipinski definition) is 3. The van der Waals surface area contributed by atoms with Crippen LogP contribution in [0.4, 0.5) is 0 Å². The highest BCUT2D eigenvalue weighted by molar-refractivity contribution is 5.30. The van der Waals surface area contributed by atoms with Crippen LogP contribution in [-0.2, 0) is 0 Å². The molecule has 0 unspecified atom stereocenters. The SMILES string of the molecule is C=C(C)[C@H]1CC[C@]2(C)[C@@H](O)C[C@@H](O)C(=C)[C@@]2(O)C1. The van der Waals surface area contributed by atoms with Gasteiger partial charge in [-0.3, -0.25) is 0 Å². The molecule has 0 amide bonds. The van der Waals surface area contributed by atoms with Gasteiger partial charge in [0.05, 0.1) is 17.8 Å². The van der Waals surface area contributed by atoms with Gasteiger partial charge in [0, 0.05) is 11.8 Å². The van der Waals surface area contributed by atoms with Gasteiger partial charge in [0.25, 0.3) is 0 Å². The standard InChI is InChI=1S/C15H24O3/c1-9(2)11-5-6-14(4)13(17)7-12(16)10(3)15(14,18)8-11/h11-13,16-18H,1,3,5-8H2,2,4H3/t11-,12+,13-,14+,15-/m0/s1. The van der Waals surface area contributed by atoms with Gasteiger partial charge in [-0.1, -0.05) is 25.7 Å². The molecule has 18 heavy (non-hydrogen) atoms. The second kappa shape index (κ2) is 4.19. The molecular formula is C15H24O3.